The summed E-state index contributed by atoms with van der Waals surface area (Å²) in [5.41, 5.74) is 8.88. The van der Waals surface area contributed by atoms with E-state index in [0.29, 0.717) is 0 Å². The second-order valence-electron chi connectivity index (χ2n) is 5.51. The van der Waals surface area contributed by atoms with Crippen LogP contribution in [0.15, 0.2) is 4.42 Å². The molecule has 1 heterocycles. The molecule has 0 aliphatic carbocycles. The van der Waals surface area contributed by atoms with Gasteiger partial charge in [0.1, 0.15) is 11.5 Å². The van der Waals surface area contributed by atoms with Crippen LogP contribution in [0.25, 0.3) is 0 Å². The van der Waals surface area contributed by atoms with Crippen molar-refractivity contribution in [2.75, 3.05) is 0 Å². The first kappa shape index (κ1) is 15.3. The maximum Gasteiger partial charge on any atom is 0.106 e. The van der Waals surface area contributed by atoms with Crippen LogP contribution in [0.1, 0.15) is 74.6 Å². The van der Waals surface area contributed by atoms with Crippen molar-refractivity contribution in [1.82, 2.24) is 0 Å². The topological polar surface area (TPSA) is 39.2 Å². The normalized spacial score (nSPS) is 14.8. The molecule has 104 valence electrons. The minimum absolute atomic E-state index is 0.129. The molecule has 0 bridgehead atoms. The maximum atomic E-state index is 6.40. The van der Waals surface area contributed by atoms with Gasteiger partial charge in [-0.3, -0.25) is 0 Å². The van der Waals surface area contributed by atoms with E-state index in [1.54, 1.807) is 0 Å². The molecule has 0 saturated heterocycles. The number of hydrogen-bond donors (Lipinski definition) is 1. The molecule has 0 saturated carbocycles. The lowest BCUT2D eigenvalue weighted by atomic mass is 9.88. The molecular weight excluding hydrogens is 222 g/mol. The molecule has 2 nitrogen and oxygen atoms in total. The van der Waals surface area contributed by atoms with Crippen molar-refractivity contribution < 1.29 is 4.42 Å². The lowest BCUT2D eigenvalue weighted by molar-refractivity contribution is 0.385. The number of hydrogen-bond acceptors (Lipinski definition) is 2. The van der Waals surface area contributed by atoms with Crippen LogP contribution in [0.3, 0.4) is 0 Å². The largest absolute Gasteiger partial charge is 0.466 e. The number of nitrogens with two attached hydrogens (primary N) is 1. The van der Waals surface area contributed by atoms with Gasteiger partial charge in [-0.25, -0.2) is 0 Å². The summed E-state index contributed by atoms with van der Waals surface area (Å²) >= 11 is 0. The minimum atomic E-state index is 0.129. The van der Waals surface area contributed by atoms with Gasteiger partial charge in [0.2, 0.25) is 0 Å². The van der Waals surface area contributed by atoms with Gasteiger partial charge < -0.3 is 10.2 Å². The van der Waals surface area contributed by atoms with Gasteiger partial charge in [0.15, 0.2) is 0 Å². The molecule has 18 heavy (non-hydrogen) atoms. The Labute approximate surface area is 112 Å². The van der Waals surface area contributed by atoms with E-state index < -0.39 is 0 Å². The monoisotopic (exact) mass is 251 g/mol. The lowest BCUT2D eigenvalue weighted by Gasteiger charge is -2.20. The highest BCUT2D eigenvalue weighted by atomic mass is 16.3. The van der Waals surface area contributed by atoms with Crippen LogP contribution in [0.4, 0.5) is 0 Å². The Hall–Kier alpha value is -0.760. The molecular formula is C16H29NO. The molecule has 0 amide bonds. The summed E-state index contributed by atoms with van der Waals surface area (Å²) in [6, 6.07) is 0.129. The molecule has 0 aromatic carbocycles. The van der Waals surface area contributed by atoms with Crippen LogP contribution < -0.4 is 5.73 Å². The van der Waals surface area contributed by atoms with Crippen LogP contribution in [-0.2, 0) is 0 Å². The number of furan rings is 1. The van der Waals surface area contributed by atoms with Crippen LogP contribution in [-0.4, -0.2) is 0 Å². The van der Waals surface area contributed by atoms with E-state index >= 15 is 0 Å². The Balaban J connectivity index is 2.71. The Morgan fingerprint density at radius 2 is 1.78 bits per heavy atom. The van der Waals surface area contributed by atoms with E-state index in [2.05, 4.69) is 20.8 Å². The first-order valence-corrected chi connectivity index (χ1v) is 7.33. The van der Waals surface area contributed by atoms with Gasteiger partial charge in [-0.1, -0.05) is 39.5 Å². The van der Waals surface area contributed by atoms with E-state index in [1.807, 2.05) is 13.8 Å². The summed E-state index contributed by atoms with van der Waals surface area (Å²) in [6.45, 7) is 10.7. The zero-order valence-corrected chi connectivity index (χ0v) is 12.7. The van der Waals surface area contributed by atoms with E-state index in [1.165, 1.54) is 36.8 Å². The molecule has 1 aromatic heterocycles. The quantitative estimate of drug-likeness (QED) is 0.755. The van der Waals surface area contributed by atoms with E-state index in [9.17, 15) is 0 Å². The van der Waals surface area contributed by atoms with E-state index in [4.69, 9.17) is 10.2 Å². The Kier molecular flexibility index (Phi) is 5.94. The standard InChI is InChI=1S/C16H29NO/c1-6-8-9-14(7-2)10-15(17)16-11(3)12(4)18-13(16)5/h14-15H,6-10,17H2,1-5H3. The fraction of sp³-hybridized carbons (Fsp3) is 0.750. The first-order chi connectivity index (χ1) is 8.51. The third-order valence-electron chi connectivity index (χ3n) is 4.12. The first-order valence-electron chi connectivity index (χ1n) is 7.33. The Morgan fingerprint density at radius 3 is 2.22 bits per heavy atom. The third kappa shape index (κ3) is 3.61. The van der Waals surface area contributed by atoms with Gasteiger partial charge >= 0.3 is 0 Å². The zero-order chi connectivity index (χ0) is 13.7. The van der Waals surface area contributed by atoms with Gasteiger partial charge in [-0.2, -0.15) is 0 Å². The summed E-state index contributed by atoms with van der Waals surface area (Å²) in [7, 11) is 0. The van der Waals surface area contributed by atoms with Crippen LogP contribution in [0.2, 0.25) is 0 Å². The van der Waals surface area contributed by atoms with Crippen LogP contribution >= 0.6 is 0 Å². The van der Waals surface area contributed by atoms with Crippen LogP contribution in [0.5, 0.6) is 0 Å². The van der Waals surface area contributed by atoms with Crippen molar-refractivity contribution in [3.63, 3.8) is 0 Å². The van der Waals surface area contributed by atoms with Crippen molar-refractivity contribution in [3.8, 4) is 0 Å². The summed E-state index contributed by atoms with van der Waals surface area (Å²) < 4.78 is 5.68. The van der Waals surface area contributed by atoms with E-state index in [0.717, 1.165) is 23.9 Å². The SMILES string of the molecule is CCCCC(CC)CC(N)c1c(C)oc(C)c1C. The average Bonchev–Trinajstić information content (AvgIpc) is 2.58. The summed E-state index contributed by atoms with van der Waals surface area (Å²) in [5.74, 6) is 2.76. The molecule has 2 N–H and O–H groups in total. The molecule has 0 spiro atoms. The predicted octanol–water partition coefficient (Wildman–Crippen LogP) is 4.81. The molecule has 2 heteroatoms. The van der Waals surface area contributed by atoms with Gasteiger partial charge in [0.25, 0.3) is 0 Å². The highest BCUT2D eigenvalue weighted by Gasteiger charge is 2.20. The smallest absolute Gasteiger partial charge is 0.106 e. The molecule has 1 aromatic rings. The van der Waals surface area contributed by atoms with Gasteiger partial charge in [0.05, 0.1) is 0 Å². The Bertz CT molecular complexity index is 367. The third-order valence-corrected chi connectivity index (χ3v) is 4.12. The molecule has 1 rings (SSSR count). The summed E-state index contributed by atoms with van der Waals surface area (Å²) in [4.78, 5) is 0. The zero-order valence-electron chi connectivity index (χ0n) is 12.7. The fourth-order valence-corrected chi connectivity index (χ4v) is 2.81. The van der Waals surface area contributed by atoms with Crippen molar-refractivity contribution in [2.45, 2.75) is 72.8 Å². The van der Waals surface area contributed by atoms with Gasteiger partial charge in [-0.15, -0.1) is 0 Å². The van der Waals surface area contributed by atoms with Gasteiger partial charge in [-0.05, 0) is 38.7 Å². The molecule has 2 unspecified atom stereocenters. The Morgan fingerprint density at radius 1 is 1.11 bits per heavy atom. The van der Waals surface area contributed by atoms with Gasteiger partial charge in [0, 0.05) is 11.6 Å². The molecule has 0 fully saturated rings. The highest BCUT2D eigenvalue weighted by Crippen LogP contribution is 2.31. The number of unbranched alkanes of at least 4 members (excludes halogenated alkanes) is 1. The van der Waals surface area contributed by atoms with Crippen molar-refractivity contribution >= 4 is 0 Å². The minimum Gasteiger partial charge on any atom is -0.466 e. The number of rotatable bonds is 7. The molecule has 0 aliphatic heterocycles. The maximum absolute atomic E-state index is 6.40. The summed E-state index contributed by atoms with van der Waals surface area (Å²) in [5, 5.41) is 0. The van der Waals surface area contributed by atoms with Crippen LogP contribution in [0, 0.1) is 26.7 Å². The second-order valence-corrected chi connectivity index (χ2v) is 5.51. The molecule has 0 aliphatic rings. The average molecular weight is 251 g/mol. The van der Waals surface area contributed by atoms with E-state index in [-0.39, 0.29) is 6.04 Å². The second kappa shape index (κ2) is 6.98. The number of aryl methyl sites for hydroxylation is 2. The van der Waals surface area contributed by atoms with Crippen molar-refractivity contribution in [2.24, 2.45) is 11.7 Å². The fourth-order valence-electron chi connectivity index (χ4n) is 2.81. The molecule has 2 atom stereocenters. The predicted molar refractivity (Wildman–Crippen MR) is 77.8 cm³/mol. The van der Waals surface area contributed by atoms with Crippen molar-refractivity contribution in [1.29, 1.82) is 0 Å². The lowest BCUT2D eigenvalue weighted by Crippen LogP contribution is -2.16. The highest BCUT2D eigenvalue weighted by molar-refractivity contribution is 5.34. The molecule has 0 radical (unpaired) electrons. The van der Waals surface area contributed by atoms with Crippen molar-refractivity contribution in [3.05, 3.63) is 22.6 Å². The summed E-state index contributed by atoms with van der Waals surface area (Å²) in [6.07, 6.45) is 6.19.